The third-order valence-corrected chi connectivity index (χ3v) is 22.2. The maximum atomic E-state index is 14.5. The van der Waals surface area contributed by atoms with E-state index in [1.54, 1.807) is 0 Å². The molecule has 0 aromatic carbocycles. The lowest BCUT2D eigenvalue weighted by Gasteiger charge is -2.27. The fourth-order valence-corrected chi connectivity index (χ4v) is 16.9. The van der Waals surface area contributed by atoms with Crippen LogP contribution in [0.4, 0.5) is 29.1 Å². The zero-order valence-corrected chi connectivity index (χ0v) is 59.5. The number of nitrogens with zero attached hydrogens (tertiary/aromatic N) is 20. The van der Waals surface area contributed by atoms with E-state index in [4.69, 9.17) is 93.1 Å². The Morgan fingerprint density at radius 3 is 0.791 bits per heavy atom. The largest absolute Gasteiger partial charge is 0.472 e. The second kappa shape index (κ2) is 29.9. The summed E-state index contributed by atoms with van der Waals surface area (Å²) < 4.78 is 164. The van der Waals surface area contributed by atoms with Gasteiger partial charge in [0.1, 0.15) is 151 Å². The molecule has 5 aliphatic heterocycles. The first-order chi connectivity index (χ1) is 52.3. The topological polar surface area (TPSA) is 782 Å². The number of aliphatic hydroxyl groups excluding tert-OH is 6. The van der Waals surface area contributed by atoms with Crippen molar-refractivity contribution < 1.29 is 142 Å². The number of aliphatic hydroxyl groups is 6. The lowest BCUT2D eigenvalue weighted by atomic mass is 10.1. The number of hydrogen-bond donors (Lipinski definition) is 15. The summed E-state index contributed by atoms with van der Waals surface area (Å²) in [5.74, 6) is -0.579. The van der Waals surface area contributed by atoms with Crippen LogP contribution >= 0.6 is 39.2 Å². The van der Waals surface area contributed by atoms with Gasteiger partial charge in [-0.05, 0) is 0 Å². The number of phosphoric acid groups is 4. The molecule has 15 rings (SSSR count). The quantitative estimate of drug-likeness (QED) is 0.0207. The van der Waals surface area contributed by atoms with Gasteiger partial charge in [-0.2, -0.15) is 0 Å². The predicted molar refractivity (Wildman–Crippen MR) is 351 cm³/mol. The number of aromatic nitrogens is 20. The molecule has 5 fully saturated rings. The molecule has 590 valence electrons. The first-order valence-corrected chi connectivity index (χ1v) is 38.8. The molecule has 0 amide bonds. The van der Waals surface area contributed by atoms with E-state index in [0.29, 0.717) is 0 Å². The molecule has 0 bridgehead atoms. The van der Waals surface area contributed by atoms with Crippen molar-refractivity contribution in [2.45, 2.75) is 123 Å². The molecule has 0 saturated carbocycles. The number of anilines is 5. The second-order valence-corrected chi connectivity index (χ2v) is 30.9. The van der Waals surface area contributed by atoms with Crippen LogP contribution in [0.15, 0.2) is 63.3 Å². The summed E-state index contributed by atoms with van der Waals surface area (Å²) >= 11 is 0. The molecule has 0 spiro atoms. The number of rotatable bonds is 28. The van der Waals surface area contributed by atoms with Crippen LogP contribution in [0.1, 0.15) is 31.1 Å². The molecular weight excluding hydrogens is 1590 g/mol. The van der Waals surface area contributed by atoms with Crippen LogP contribution in [0.2, 0.25) is 0 Å². The maximum absolute atomic E-state index is 14.5. The summed E-state index contributed by atoms with van der Waals surface area (Å²) in [5.41, 5.74) is 29.7. The van der Waals surface area contributed by atoms with Gasteiger partial charge in [0.2, 0.25) is 0 Å². The van der Waals surface area contributed by atoms with E-state index in [-0.39, 0.29) is 84.9 Å². The number of ether oxygens (including phenoxy) is 5. The SMILES string of the molecule is Nc1ncnc2c1ncn2[C@@H]1O[C@H](COP(=O)(O)O[C@H]2[C@@H](O)[C@H](n3cnc4c(N)ncnc43)O[C@@H]2COP(=O)(O)O[C@H]2[C@@H](O)[C@H](n3cnc4c(N)ncnc43)O[C@@H]2COP(=O)(O)O[C@H]2[C@@H](O)[C@H](n3cnc4c(N)ncnc43)O[C@@H]2COP(=O)(O)O[C@H]2[C@@H](O)[C@H](n3cnc4c(N)ncnc43)O[C@@H]2COP(=O)=O)[C@@H](O)[C@H]1O. The Hall–Kier alpha value is -8.39. The minimum Gasteiger partial charge on any atom is -0.387 e. The molecule has 5 saturated heterocycles. The summed E-state index contributed by atoms with van der Waals surface area (Å²) in [6, 6.07) is 0. The minimum atomic E-state index is -5.84. The Balaban J connectivity index is 0.664. The molecule has 110 heavy (non-hydrogen) atoms. The molecule has 60 heteroatoms. The van der Waals surface area contributed by atoms with Gasteiger partial charge in [-0.1, -0.05) is 0 Å². The van der Waals surface area contributed by atoms with Crippen LogP contribution in [0.3, 0.4) is 0 Å². The number of fused-ring (bicyclic) bond motifs is 5. The van der Waals surface area contributed by atoms with Gasteiger partial charge in [-0.25, -0.2) is 102 Å². The number of nitrogens with two attached hydrogens (primary N) is 5. The normalized spacial score (nSPS) is 31.5. The number of nitrogen functional groups attached to an aromatic ring is 5. The molecule has 0 aliphatic carbocycles. The summed E-state index contributed by atoms with van der Waals surface area (Å²) in [6.07, 6.45) is -27.4. The molecule has 20 N–H and O–H groups in total. The number of hydrogen-bond acceptors (Lipinski definition) is 46. The van der Waals surface area contributed by atoms with E-state index in [2.05, 4.69) is 74.8 Å². The highest BCUT2D eigenvalue weighted by Crippen LogP contribution is 2.56. The standard InChI is InChI=1S/C50H60N25O30P5/c51-36-21-41(61-6-56-36)71(11-66-21)46-27(77)26(76)16(97-46)2-93-107(84,85)103-33-18(99-48(29(33)79)73-13-68-23-38(53)58-8-63-43(23)73)4-95-109(88,89)105-35-20(101-50(31(35)81)75-15-70-25-40(55)60-10-65-45(25)75)5-96-110(90,91)104-34-19(100-49(30(34)80)74-14-69-24-39(54)59-9-64-44(24)74)3-94-108(86,87)102-32-17(1-92-106(82)83)98-47(28(32)78)72-12-67-22-37(52)57-7-62-42(22)72/h6-20,26-35,46-50,76-81H,1-5H2,(H,84,85)(H,86,87)(H,88,89)(H,90,91)(H2,51,56,61)(H2,52,57,62)(H2,53,58,63)(H2,54,59,64)(H2,55,60,65)/t16-,17-,18-,19-,20-,26-,27-,28-,29-,30-,31-,32-,33-,34-,35-,46-,47-,48-,49-,50-/m1/s1. The van der Waals surface area contributed by atoms with E-state index >= 15 is 0 Å². The Bertz CT molecular complexity index is 5390. The van der Waals surface area contributed by atoms with E-state index in [1.165, 1.54) is 10.9 Å². The van der Waals surface area contributed by atoms with Crippen molar-refractivity contribution in [1.29, 1.82) is 0 Å². The highest BCUT2D eigenvalue weighted by molar-refractivity contribution is 7.48. The molecule has 24 atom stereocenters. The molecule has 5 aliphatic rings. The molecule has 0 radical (unpaired) electrons. The van der Waals surface area contributed by atoms with E-state index < -0.39 is 195 Å². The predicted octanol–water partition coefficient (Wildman–Crippen LogP) is -4.14. The summed E-state index contributed by atoms with van der Waals surface area (Å²) in [5, 5.41) is 69.8. The Morgan fingerprint density at radius 1 is 0.327 bits per heavy atom. The van der Waals surface area contributed by atoms with Gasteiger partial charge in [0, 0.05) is 0 Å². The van der Waals surface area contributed by atoms with E-state index in [9.17, 15) is 77.6 Å². The first kappa shape index (κ1) is 77.0. The van der Waals surface area contributed by atoms with Gasteiger partial charge >= 0.3 is 39.2 Å². The molecule has 15 heterocycles. The monoisotopic (exact) mass is 1650 g/mol. The first-order valence-electron chi connectivity index (χ1n) is 31.7. The molecule has 10 aromatic rings. The molecule has 55 nitrogen and oxygen atoms in total. The fourth-order valence-electron chi connectivity index (χ4n) is 12.8. The van der Waals surface area contributed by atoms with Gasteiger partial charge in [0.25, 0.3) is 0 Å². The molecule has 4 unspecified atom stereocenters. The fraction of sp³-hybridized carbons (Fsp3) is 0.500. The van der Waals surface area contributed by atoms with Gasteiger partial charge in [-0.15, -0.1) is 0 Å². The third kappa shape index (κ3) is 14.8. The third-order valence-electron chi connectivity index (χ3n) is 17.9. The van der Waals surface area contributed by atoms with Crippen LogP contribution < -0.4 is 28.7 Å². The zero-order valence-electron chi connectivity index (χ0n) is 55.1. The van der Waals surface area contributed by atoms with E-state index in [0.717, 1.165) is 75.2 Å². The van der Waals surface area contributed by atoms with Crippen molar-refractivity contribution >= 4 is 124 Å². The van der Waals surface area contributed by atoms with Crippen molar-refractivity contribution in [2.75, 3.05) is 61.7 Å². The highest BCUT2D eigenvalue weighted by Gasteiger charge is 2.57. The second-order valence-electron chi connectivity index (χ2n) is 24.5. The van der Waals surface area contributed by atoms with Crippen LogP contribution in [-0.2, 0) is 91.8 Å². The van der Waals surface area contributed by atoms with Crippen LogP contribution in [0.25, 0.3) is 55.8 Å². The number of phosphoric ester groups is 4. The average molecular weight is 1650 g/mol. The van der Waals surface area contributed by atoms with Gasteiger partial charge < -0.3 is 103 Å². The van der Waals surface area contributed by atoms with Crippen molar-refractivity contribution in [1.82, 2.24) is 97.6 Å². The smallest absolute Gasteiger partial charge is 0.387 e. The Kier molecular flexibility index (Phi) is 20.9. The summed E-state index contributed by atoms with van der Waals surface area (Å²) in [4.78, 5) is 106. The summed E-state index contributed by atoms with van der Waals surface area (Å²) in [7, 11) is -26.5. The van der Waals surface area contributed by atoms with Gasteiger partial charge in [0.05, 0.1) is 64.7 Å². The lowest BCUT2D eigenvalue weighted by molar-refractivity contribution is -0.0640. The minimum absolute atomic E-state index is 0.00935. The number of imidazole rings is 5. The lowest BCUT2D eigenvalue weighted by Crippen LogP contribution is -2.38. The van der Waals surface area contributed by atoms with Crippen molar-refractivity contribution in [3.05, 3.63) is 63.3 Å². The molecular formula is C50H60N25O30P5. The zero-order chi connectivity index (χ0) is 77.8. The Morgan fingerprint density at radius 2 is 0.545 bits per heavy atom. The van der Waals surface area contributed by atoms with Crippen molar-refractivity contribution in [3.63, 3.8) is 0 Å². The van der Waals surface area contributed by atoms with Crippen LogP contribution in [-0.4, -0.2) is 272 Å². The maximum Gasteiger partial charge on any atom is 0.472 e. The van der Waals surface area contributed by atoms with Crippen molar-refractivity contribution in [2.24, 2.45) is 0 Å². The van der Waals surface area contributed by atoms with Gasteiger partial charge in [-0.3, -0.25) is 63.5 Å². The van der Waals surface area contributed by atoms with Gasteiger partial charge in [0.15, 0.2) is 88.5 Å². The van der Waals surface area contributed by atoms with Crippen LogP contribution in [0.5, 0.6) is 0 Å². The van der Waals surface area contributed by atoms with E-state index in [1.807, 2.05) is 0 Å². The highest BCUT2D eigenvalue weighted by atomic mass is 31.2. The Labute approximate surface area is 609 Å². The molecule has 10 aromatic heterocycles. The summed E-state index contributed by atoms with van der Waals surface area (Å²) in [6.45, 7) is -5.70. The van der Waals surface area contributed by atoms with Crippen molar-refractivity contribution in [3.8, 4) is 0 Å². The van der Waals surface area contributed by atoms with Crippen LogP contribution in [0, 0.1) is 0 Å². The average Bonchev–Trinajstić information content (AvgIpc) is 1.63.